The summed E-state index contributed by atoms with van der Waals surface area (Å²) >= 11 is 0. The zero-order valence-electron chi connectivity index (χ0n) is 13.0. The van der Waals surface area contributed by atoms with Gasteiger partial charge in [-0.25, -0.2) is 0 Å². The number of benzene rings is 1. The lowest BCUT2D eigenvalue weighted by atomic mass is 10.1. The lowest BCUT2D eigenvalue weighted by Gasteiger charge is -2.26. The number of hydrogen-bond acceptors (Lipinski definition) is 5. The zero-order chi connectivity index (χ0) is 16.7. The molecule has 1 aromatic rings. The molecule has 0 bridgehead atoms. The molecule has 0 radical (unpaired) electrons. The molecule has 7 heteroatoms. The van der Waals surface area contributed by atoms with Crippen molar-refractivity contribution in [1.82, 2.24) is 10.2 Å². The van der Waals surface area contributed by atoms with E-state index >= 15 is 0 Å². The Labute approximate surface area is 134 Å². The van der Waals surface area contributed by atoms with Crippen LogP contribution < -0.4 is 5.32 Å². The van der Waals surface area contributed by atoms with Gasteiger partial charge in [0.2, 0.25) is 0 Å². The van der Waals surface area contributed by atoms with Crippen molar-refractivity contribution < 1.29 is 23.9 Å². The van der Waals surface area contributed by atoms with Crippen LogP contribution in [0.2, 0.25) is 0 Å². The number of esters is 1. The highest BCUT2D eigenvalue weighted by Gasteiger charge is 2.18. The van der Waals surface area contributed by atoms with E-state index in [4.69, 9.17) is 9.47 Å². The molecule has 0 saturated carbocycles. The molecule has 1 heterocycles. The molecule has 1 fully saturated rings. The summed E-state index contributed by atoms with van der Waals surface area (Å²) < 4.78 is 10.0. The average Bonchev–Trinajstić information content (AvgIpc) is 2.58. The Hall–Kier alpha value is -2.41. The van der Waals surface area contributed by atoms with Crippen LogP contribution in [0, 0.1) is 6.92 Å². The molecule has 0 atom stereocenters. The third-order valence-electron chi connectivity index (χ3n) is 3.39. The number of rotatable bonds is 5. The van der Waals surface area contributed by atoms with Gasteiger partial charge in [0.15, 0.2) is 6.61 Å². The molecule has 0 aliphatic carbocycles. The minimum atomic E-state index is -0.646. The number of aryl methyl sites for hydroxylation is 1. The van der Waals surface area contributed by atoms with Crippen molar-refractivity contribution in [2.24, 2.45) is 0 Å². The minimum absolute atomic E-state index is 0.258. The summed E-state index contributed by atoms with van der Waals surface area (Å²) in [5.41, 5.74) is 1.43. The third kappa shape index (κ3) is 5.37. The number of carbonyl (C=O) groups is 3. The van der Waals surface area contributed by atoms with E-state index in [0.29, 0.717) is 31.9 Å². The van der Waals surface area contributed by atoms with Crippen LogP contribution in [0.25, 0.3) is 0 Å². The van der Waals surface area contributed by atoms with E-state index < -0.39 is 5.97 Å². The number of morpholine rings is 1. The molecule has 7 nitrogen and oxygen atoms in total. The summed E-state index contributed by atoms with van der Waals surface area (Å²) in [7, 11) is 0. The first-order valence-electron chi connectivity index (χ1n) is 7.42. The molecule has 0 unspecified atom stereocenters. The molecule has 2 rings (SSSR count). The smallest absolute Gasteiger partial charge is 0.325 e. The molecule has 1 N–H and O–H groups in total. The summed E-state index contributed by atoms with van der Waals surface area (Å²) in [4.78, 5) is 36.9. The standard InChI is InChI=1S/C16H20N2O5/c1-12-3-2-4-13(9-12)16(21)17-10-15(20)23-11-14(19)18-5-7-22-8-6-18/h2-4,9H,5-8,10-11H2,1H3,(H,17,21). The van der Waals surface area contributed by atoms with E-state index in [1.165, 1.54) is 0 Å². The summed E-state index contributed by atoms with van der Waals surface area (Å²) in [5, 5.41) is 2.47. The van der Waals surface area contributed by atoms with Crippen molar-refractivity contribution in [2.75, 3.05) is 39.5 Å². The topological polar surface area (TPSA) is 84.9 Å². The van der Waals surface area contributed by atoms with Crippen LogP contribution in [0.3, 0.4) is 0 Å². The predicted octanol–water partition coefficient (Wildman–Crippen LogP) is 0.127. The van der Waals surface area contributed by atoms with E-state index in [1.54, 1.807) is 23.1 Å². The third-order valence-corrected chi connectivity index (χ3v) is 3.39. The molecule has 2 amide bonds. The highest BCUT2D eigenvalue weighted by molar-refractivity contribution is 5.96. The summed E-state index contributed by atoms with van der Waals surface area (Å²) in [5.74, 6) is -1.26. The Balaban J connectivity index is 1.70. The second kappa shape index (κ2) is 8.28. The summed E-state index contributed by atoms with van der Waals surface area (Å²) in [6.45, 7) is 3.27. The van der Waals surface area contributed by atoms with Gasteiger partial charge in [-0.3, -0.25) is 14.4 Å². The summed E-state index contributed by atoms with van der Waals surface area (Å²) in [6, 6.07) is 7.03. The van der Waals surface area contributed by atoms with Crippen molar-refractivity contribution in [1.29, 1.82) is 0 Å². The van der Waals surface area contributed by atoms with Crippen molar-refractivity contribution in [3.63, 3.8) is 0 Å². The van der Waals surface area contributed by atoms with Crippen LogP contribution in [0.4, 0.5) is 0 Å². The Kier molecular flexibility index (Phi) is 6.10. The van der Waals surface area contributed by atoms with Gasteiger partial charge in [0.1, 0.15) is 6.54 Å². The Bertz CT molecular complexity index is 582. The number of amides is 2. The molecule has 0 aromatic heterocycles. The highest BCUT2D eigenvalue weighted by atomic mass is 16.5. The van der Waals surface area contributed by atoms with Gasteiger partial charge in [0.05, 0.1) is 13.2 Å². The van der Waals surface area contributed by atoms with E-state index in [0.717, 1.165) is 5.56 Å². The Morgan fingerprint density at radius 2 is 2.00 bits per heavy atom. The molecule has 0 spiro atoms. The molecule has 23 heavy (non-hydrogen) atoms. The molecular formula is C16H20N2O5. The van der Waals surface area contributed by atoms with Crippen LogP contribution in [0.5, 0.6) is 0 Å². The van der Waals surface area contributed by atoms with Gasteiger partial charge in [0.25, 0.3) is 11.8 Å². The molecular weight excluding hydrogens is 300 g/mol. The number of carbonyl (C=O) groups excluding carboxylic acids is 3. The van der Waals surface area contributed by atoms with Crippen molar-refractivity contribution >= 4 is 17.8 Å². The first-order chi connectivity index (χ1) is 11.1. The zero-order valence-corrected chi connectivity index (χ0v) is 13.0. The number of nitrogens with one attached hydrogen (secondary N) is 1. The normalized spacial score (nSPS) is 14.2. The van der Waals surface area contributed by atoms with Crippen molar-refractivity contribution in [3.8, 4) is 0 Å². The quantitative estimate of drug-likeness (QED) is 0.779. The van der Waals surface area contributed by atoms with Crippen LogP contribution in [0.15, 0.2) is 24.3 Å². The fraction of sp³-hybridized carbons (Fsp3) is 0.438. The van der Waals surface area contributed by atoms with E-state index in [2.05, 4.69) is 5.32 Å². The van der Waals surface area contributed by atoms with Crippen LogP contribution in [-0.4, -0.2) is 62.1 Å². The van der Waals surface area contributed by atoms with E-state index in [1.807, 2.05) is 13.0 Å². The van der Waals surface area contributed by atoms with Crippen LogP contribution >= 0.6 is 0 Å². The SMILES string of the molecule is Cc1cccc(C(=O)NCC(=O)OCC(=O)N2CCOCC2)c1. The van der Waals surface area contributed by atoms with Gasteiger partial charge >= 0.3 is 5.97 Å². The lowest BCUT2D eigenvalue weighted by molar-refractivity contribution is -0.152. The molecule has 1 saturated heterocycles. The molecule has 1 aromatic carbocycles. The molecule has 1 aliphatic heterocycles. The Morgan fingerprint density at radius 3 is 2.70 bits per heavy atom. The highest BCUT2D eigenvalue weighted by Crippen LogP contribution is 2.03. The fourth-order valence-electron chi connectivity index (χ4n) is 2.14. The second-order valence-corrected chi connectivity index (χ2v) is 5.21. The van der Waals surface area contributed by atoms with Gasteiger partial charge < -0.3 is 19.7 Å². The number of nitrogens with zero attached hydrogens (tertiary/aromatic N) is 1. The van der Waals surface area contributed by atoms with Crippen LogP contribution in [0.1, 0.15) is 15.9 Å². The van der Waals surface area contributed by atoms with Gasteiger partial charge in [0, 0.05) is 18.7 Å². The van der Waals surface area contributed by atoms with Gasteiger partial charge in [-0.05, 0) is 19.1 Å². The summed E-state index contributed by atoms with van der Waals surface area (Å²) in [6.07, 6.45) is 0. The van der Waals surface area contributed by atoms with Crippen molar-refractivity contribution in [2.45, 2.75) is 6.92 Å². The largest absolute Gasteiger partial charge is 0.454 e. The predicted molar refractivity (Wildman–Crippen MR) is 81.9 cm³/mol. The number of hydrogen-bond donors (Lipinski definition) is 1. The van der Waals surface area contributed by atoms with Gasteiger partial charge in [-0.2, -0.15) is 0 Å². The minimum Gasteiger partial charge on any atom is -0.454 e. The maximum Gasteiger partial charge on any atom is 0.325 e. The first kappa shape index (κ1) is 17.0. The van der Waals surface area contributed by atoms with Gasteiger partial charge in [-0.1, -0.05) is 17.7 Å². The second-order valence-electron chi connectivity index (χ2n) is 5.21. The van der Waals surface area contributed by atoms with Crippen molar-refractivity contribution in [3.05, 3.63) is 35.4 Å². The van der Waals surface area contributed by atoms with E-state index in [9.17, 15) is 14.4 Å². The maximum absolute atomic E-state index is 11.9. The van der Waals surface area contributed by atoms with E-state index in [-0.39, 0.29) is 25.0 Å². The fourth-order valence-corrected chi connectivity index (χ4v) is 2.14. The first-order valence-corrected chi connectivity index (χ1v) is 7.42. The Morgan fingerprint density at radius 1 is 1.26 bits per heavy atom. The van der Waals surface area contributed by atoms with Gasteiger partial charge in [-0.15, -0.1) is 0 Å². The molecule has 1 aliphatic rings. The number of ether oxygens (including phenoxy) is 2. The molecule has 124 valence electrons. The average molecular weight is 320 g/mol. The van der Waals surface area contributed by atoms with Crippen LogP contribution in [-0.2, 0) is 19.1 Å². The lowest BCUT2D eigenvalue weighted by Crippen LogP contribution is -2.43. The maximum atomic E-state index is 11.9. The monoisotopic (exact) mass is 320 g/mol.